The summed E-state index contributed by atoms with van der Waals surface area (Å²) in [6.45, 7) is 4.51. The molecule has 0 bridgehead atoms. The second-order valence-electron chi connectivity index (χ2n) is 8.69. The molecule has 0 aromatic carbocycles. The van der Waals surface area contributed by atoms with Crippen LogP contribution < -0.4 is 32.0 Å². The Hall–Kier alpha value is -5.88. The van der Waals surface area contributed by atoms with Crippen molar-refractivity contribution >= 4 is 34.9 Å². The first-order chi connectivity index (χ1) is 22.0. The van der Waals surface area contributed by atoms with E-state index in [0.717, 1.165) is 24.3 Å². The van der Waals surface area contributed by atoms with Crippen LogP contribution >= 0.6 is 0 Å². The molecule has 0 unspecified atom stereocenters. The maximum Gasteiger partial charge on any atom is 0.433 e. The van der Waals surface area contributed by atoms with Gasteiger partial charge in [0.2, 0.25) is 0 Å². The second kappa shape index (κ2) is 16.4. The lowest BCUT2D eigenvalue weighted by Gasteiger charge is -2.12. The Morgan fingerprint density at radius 2 is 1.23 bits per heavy atom. The zero-order chi connectivity index (χ0) is 35.4. The van der Waals surface area contributed by atoms with E-state index in [0.29, 0.717) is 36.5 Å². The Balaban J connectivity index is 0.000000270. The number of amides is 1. The lowest BCUT2D eigenvalue weighted by Crippen LogP contribution is -2.17. The molecule has 0 aliphatic heterocycles. The number of nitrogens with two attached hydrogens (primary N) is 3. The summed E-state index contributed by atoms with van der Waals surface area (Å²) in [5.41, 5.74) is 13.8. The number of aromatic carboxylic acids is 1. The van der Waals surface area contributed by atoms with Crippen molar-refractivity contribution in [1.82, 2.24) is 19.9 Å². The first-order valence-corrected chi connectivity index (χ1v) is 13.1. The van der Waals surface area contributed by atoms with E-state index in [-0.39, 0.29) is 22.9 Å². The number of halogens is 6. The van der Waals surface area contributed by atoms with Crippen LogP contribution in [0.5, 0.6) is 11.5 Å². The topological polar surface area (TPSA) is 214 Å². The van der Waals surface area contributed by atoms with E-state index >= 15 is 0 Å². The molecule has 4 rings (SSSR count). The zero-order valence-electron chi connectivity index (χ0n) is 24.6. The molecule has 19 heteroatoms. The third-order valence-corrected chi connectivity index (χ3v) is 5.18. The van der Waals surface area contributed by atoms with E-state index in [1.165, 1.54) is 24.5 Å². The number of carbonyl (C=O) groups is 2. The molecule has 4 aromatic rings. The van der Waals surface area contributed by atoms with Gasteiger partial charge in [0.1, 0.15) is 51.6 Å². The summed E-state index contributed by atoms with van der Waals surface area (Å²) in [4.78, 5) is 36.2. The molecule has 4 aromatic heterocycles. The van der Waals surface area contributed by atoms with Crippen LogP contribution in [0, 0.1) is 0 Å². The first kappa shape index (κ1) is 37.3. The highest BCUT2D eigenvalue weighted by Gasteiger charge is 2.33. The van der Waals surface area contributed by atoms with Gasteiger partial charge in [-0.25, -0.2) is 24.7 Å². The number of hydrogen-bond donors (Lipinski definition) is 5. The molecule has 0 atom stereocenters. The minimum absolute atomic E-state index is 0.184. The van der Waals surface area contributed by atoms with Crippen molar-refractivity contribution in [3.63, 3.8) is 0 Å². The smallest absolute Gasteiger partial charge is 0.433 e. The van der Waals surface area contributed by atoms with Crippen molar-refractivity contribution in [2.45, 2.75) is 26.2 Å². The Morgan fingerprint density at radius 3 is 1.74 bits per heavy atom. The molecule has 0 spiro atoms. The average Bonchev–Trinajstić information content (AvgIpc) is 3.00. The number of rotatable bonds is 7. The van der Waals surface area contributed by atoms with E-state index < -0.39 is 41.3 Å². The fraction of sp³-hybridized carbons (Fsp3) is 0.214. The standard InChI is InChI=1S/C14H13F3N4O2.C7H4F3NO2.C7H11N3O/c1-2-23-10-6-12(18)19-7-9(10)21-13(22)8-4-3-5-11(20-8)14(15,16)17;8-7(9,10)5-3-1-2-4(11-5)6(12)13;1-2-11-6-3-7(9)10-4-5(6)8/h3-7H,2H2,1H3,(H2,18,19)(H,21,22);1-3H,(H,12,13);3-4H,2,8H2,1H3,(H2,9,10). The van der Waals surface area contributed by atoms with Crippen LogP contribution in [-0.4, -0.2) is 50.1 Å². The molecular formula is C28H28F6N8O5. The summed E-state index contributed by atoms with van der Waals surface area (Å²) in [5, 5.41) is 10.8. The summed E-state index contributed by atoms with van der Waals surface area (Å²) in [5.74, 6) is -0.832. The van der Waals surface area contributed by atoms with E-state index in [4.69, 9.17) is 31.8 Å². The quantitative estimate of drug-likeness (QED) is 0.161. The van der Waals surface area contributed by atoms with Gasteiger partial charge in [-0.15, -0.1) is 0 Å². The zero-order valence-corrected chi connectivity index (χ0v) is 24.6. The van der Waals surface area contributed by atoms with Crippen molar-refractivity contribution in [2.24, 2.45) is 0 Å². The molecular weight excluding hydrogens is 642 g/mol. The average molecular weight is 671 g/mol. The minimum atomic E-state index is -4.63. The van der Waals surface area contributed by atoms with Crippen molar-refractivity contribution in [3.05, 3.63) is 83.7 Å². The highest BCUT2D eigenvalue weighted by Crippen LogP contribution is 2.29. The lowest BCUT2D eigenvalue weighted by molar-refractivity contribution is -0.142. The third kappa shape index (κ3) is 11.9. The largest absolute Gasteiger partial charge is 0.492 e. The molecule has 8 N–H and O–H groups in total. The van der Waals surface area contributed by atoms with Crippen LogP contribution in [0.3, 0.4) is 0 Å². The van der Waals surface area contributed by atoms with Gasteiger partial charge in [0, 0.05) is 12.1 Å². The van der Waals surface area contributed by atoms with Gasteiger partial charge in [0.25, 0.3) is 5.91 Å². The Morgan fingerprint density at radius 1 is 0.766 bits per heavy atom. The van der Waals surface area contributed by atoms with Crippen LogP contribution in [0.1, 0.15) is 46.2 Å². The van der Waals surface area contributed by atoms with Gasteiger partial charge in [-0.05, 0) is 38.1 Å². The van der Waals surface area contributed by atoms with Gasteiger partial charge in [-0.3, -0.25) is 4.79 Å². The van der Waals surface area contributed by atoms with Crippen LogP contribution in [0.2, 0.25) is 0 Å². The van der Waals surface area contributed by atoms with Crippen LogP contribution in [0.4, 0.5) is 49.4 Å². The molecule has 13 nitrogen and oxygen atoms in total. The summed E-state index contributed by atoms with van der Waals surface area (Å²) < 4.78 is 84.3. The van der Waals surface area contributed by atoms with E-state index in [9.17, 15) is 35.9 Å². The highest BCUT2D eigenvalue weighted by atomic mass is 19.4. The summed E-state index contributed by atoms with van der Waals surface area (Å²) in [6.07, 6.45) is -6.49. The predicted octanol–water partition coefficient (Wildman–Crippen LogP) is 5.17. The molecule has 4 heterocycles. The Bertz CT molecular complexity index is 1670. The van der Waals surface area contributed by atoms with Crippen molar-refractivity contribution in [2.75, 3.05) is 35.7 Å². The molecule has 0 aliphatic carbocycles. The number of carboxylic acid groups (broad SMARTS) is 1. The molecule has 0 saturated heterocycles. The predicted molar refractivity (Wildman–Crippen MR) is 157 cm³/mol. The van der Waals surface area contributed by atoms with Gasteiger partial charge in [-0.1, -0.05) is 12.1 Å². The number of hydrogen-bond acceptors (Lipinski definition) is 11. The third-order valence-electron chi connectivity index (χ3n) is 5.18. The number of anilines is 4. The van der Waals surface area contributed by atoms with E-state index in [2.05, 4.69) is 25.3 Å². The van der Waals surface area contributed by atoms with Crippen molar-refractivity contribution in [1.29, 1.82) is 0 Å². The van der Waals surface area contributed by atoms with Crippen LogP contribution in [0.25, 0.3) is 0 Å². The molecule has 0 aliphatic rings. The van der Waals surface area contributed by atoms with Gasteiger partial charge < -0.3 is 37.1 Å². The van der Waals surface area contributed by atoms with Crippen molar-refractivity contribution in [3.8, 4) is 11.5 Å². The SMILES string of the molecule is CCOc1cc(N)ncc1N.CCOc1cc(N)ncc1NC(=O)c1cccc(C(F)(F)F)n1.O=C(O)c1cccc(C(F)(F)F)n1. The highest BCUT2D eigenvalue weighted by molar-refractivity contribution is 6.03. The molecule has 1 amide bonds. The minimum Gasteiger partial charge on any atom is -0.492 e. The number of ether oxygens (including phenoxy) is 2. The Labute approximate surface area is 262 Å². The molecule has 47 heavy (non-hydrogen) atoms. The Kier molecular flexibility index (Phi) is 13.0. The van der Waals surface area contributed by atoms with E-state index in [1.54, 1.807) is 13.0 Å². The summed E-state index contributed by atoms with van der Waals surface area (Å²) in [7, 11) is 0. The van der Waals surface area contributed by atoms with E-state index in [1.807, 2.05) is 6.92 Å². The molecule has 0 radical (unpaired) electrons. The number of nitrogens with one attached hydrogen (secondary N) is 1. The molecule has 0 saturated carbocycles. The first-order valence-electron chi connectivity index (χ1n) is 13.1. The number of carboxylic acids is 1. The van der Waals surface area contributed by atoms with Gasteiger partial charge in [0.05, 0.1) is 31.3 Å². The van der Waals surface area contributed by atoms with Gasteiger partial charge in [0.15, 0.2) is 0 Å². The number of aromatic nitrogens is 4. The number of nitrogens with zero attached hydrogens (tertiary/aromatic N) is 4. The summed E-state index contributed by atoms with van der Waals surface area (Å²) in [6, 6.07) is 8.79. The monoisotopic (exact) mass is 670 g/mol. The van der Waals surface area contributed by atoms with Gasteiger partial charge >= 0.3 is 18.3 Å². The number of pyridine rings is 4. The second-order valence-corrected chi connectivity index (χ2v) is 8.69. The van der Waals surface area contributed by atoms with Gasteiger partial charge in [-0.2, -0.15) is 26.3 Å². The maximum atomic E-state index is 12.6. The maximum absolute atomic E-state index is 12.6. The summed E-state index contributed by atoms with van der Waals surface area (Å²) >= 11 is 0. The number of carbonyl (C=O) groups excluding carboxylic acids is 1. The number of alkyl halides is 6. The fourth-order valence-corrected chi connectivity index (χ4v) is 3.18. The normalized spacial score (nSPS) is 10.8. The lowest BCUT2D eigenvalue weighted by atomic mass is 10.2. The van der Waals surface area contributed by atoms with Crippen LogP contribution in [-0.2, 0) is 12.4 Å². The van der Waals surface area contributed by atoms with Crippen molar-refractivity contribution < 1.29 is 50.5 Å². The molecule has 252 valence electrons. The van der Waals surface area contributed by atoms with Crippen LogP contribution in [0.15, 0.2) is 60.9 Å². The number of nitrogen functional groups attached to an aromatic ring is 3. The molecule has 0 fully saturated rings. The fourth-order valence-electron chi connectivity index (χ4n) is 3.18.